The number of ether oxygens (including phenoxy) is 2. The minimum Gasteiger partial charge on any atom is -0.454 e. The van der Waals surface area contributed by atoms with Crippen molar-refractivity contribution in [2.75, 3.05) is 12.1 Å². The lowest BCUT2D eigenvalue weighted by Gasteiger charge is -2.38. The molecule has 0 radical (unpaired) electrons. The first-order valence-electron chi connectivity index (χ1n) is 8.10. The largest absolute Gasteiger partial charge is 0.454 e. The highest BCUT2D eigenvalue weighted by atomic mass is 35.5. The molecule has 1 aromatic carbocycles. The van der Waals surface area contributed by atoms with Crippen LogP contribution in [-0.2, 0) is 0 Å². The van der Waals surface area contributed by atoms with Gasteiger partial charge in [0, 0.05) is 18.2 Å². The van der Waals surface area contributed by atoms with E-state index < -0.39 is 0 Å². The highest BCUT2D eigenvalue weighted by Gasteiger charge is 2.37. The van der Waals surface area contributed by atoms with Crippen LogP contribution in [0.15, 0.2) is 12.1 Å². The molecule has 0 aromatic heterocycles. The van der Waals surface area contributed by atoms with E-state index in [-0.39, 0.29) is 0 Å². The lowest BCUT2D eigenvalue weighted by molar-refractivity contribution is 0.174. The van der Waals surface area contributed by atoms with Gasteiger partial charge < -0.3 is 14.8 Å². The average Bonchev–Trinajstić information content (AvgIpc) is 3.11. The van der Waals surface area contributed by atoms with Gasteiger partial charge in [-0.25, -0.2) is 0 Å². The van der Waals surface area contributed by atoms with Gasteiger partial charge in [-0.1, -0.05) is 24.4 Å². The van der Waals surface area contributed by atoms with Crippen LogP contribution in [0.2, 0.25) is 5.02 Å². The Morgan fingerprint density at radius 1 is 1.00 bits per heavy atom. The monoisotopic (exact) mass is 307 g/mol. The summed E-state index contributed by atoms with van der Waals surface area (Å²) in [7, 11) is 0. The number of hydrogen-bond acceptors (Lipinski definition) is 3. The molecular weight excluding hydrogens is 286 g/mol. The summed E-state index contributed by atoms with van der Waals surface area (Å²) in [5.74, 6) is 1.55. The van der Waals surface area contributed by atoms with E-state index >= 15 is 0 Å². The van der Waals surface area contributed by atoms with Crippen LogP contribution in [0, 0.1) is 5.41 Å². The van der Waals surface area contributed by atoms with Crippen LogP contribution >= 0.6 is 11.6 Å². The summed E-state index contributed by atoms with van der Waals surface area (Å²) in [4.78, 5) is 0. The van der Waals surface area contributed by atoms with Gasteiger partial charge in [-0.15, -0.1) is 0 Å². The third-order valence-electron chi connectivity index (χ3n) is 5.53. The Balaban J connectivity index is 1.43. The van der Waals surface area contributed by atoms with Gasteiger partial charge in [0.2, 0.25) is 6.79 Å². The normalized spacial score (nSPS) is 23.7. The number of anilines is 1. The minimum absolute atomic E-state index is 0.293. The molecule has 2 fully saturated rings. The van der Waals surface area contributed by atoms with E-state index in [1.54, 1.807) is 0 Å². The number of hydrogen-bond donors (Lipinski definition) is 1. The van der Waals surface area contributed by atoms with Gasteiger partial charge in [-0.05, 0) is 43.9 Å². The van der Waals surface area contributed by atoms with Gasteiger partial charge in [0.05, 0.1) is 10.7 Å². The Labute approximate surface area is 131 Å². The smallest absolute Gasteiger partial charge is 0.231 e. The second-order valence-electron chi connectivity index (χ2n) is 6.81. The first-order chi connectivity index (χ1) is 10.2. The average molecular weight is 308 g/mol. The van der Waals surface area contributed by atoms with Gasteiger partial charge in [0.25, 0.3) is 0 Å². The maximum Gasteiger partial charge on any atom is 0.231 e. The number of rotatable bonds is 2. The topological polar surface area (TPSA) is 30.5 Å². The summed E-state index contributed by atoms with van der Waals surface area (Å²) in [6.45, 7) is 0.293. The van der Waals surface area contributed by atoms with Crippen molar-refractivity contribution in [2.24, 2.45) is 5.41 Å². The van der Waals surface area contributed by atoms with E-state index in [4.69, 9.17) is 21.1 Å². The Hall–Kier alpha value is -1.09. The predicted molar refractivity (Wildman–Crippen MR) is 84.4 cm³/mol. The standard InChI is InChI=1S/C17H22ClNO2/c18-13-9-15-16(21-11-20-15)10-14(13)19-12-3-7-17(8-4-12)5-1-2-6-17/h9-10,12,19H,1-8,11H2. The summed E-state index contributed by atoms with van der Waals surface area (Å²) in [5.41, 5.74) is 1.66. The Morgan fingerprint density at radius 3 is 2.38 bits per heavy atom. The molecule has 3 nitrogen and oxygen atoms in total. The molecule has 0 bridgehead atoms. The van der Waals surface area contributed by atoms with Crippen LogP contribution in [0.5, 0.6) is 11.5 Å². The molecule has 0 unspecified atom stereocenters. The summed E-state index contributed by atoms with van der Waals surface area (Å²) in [6.07, 6.45) is 11.0. The van der Waals surface area contributed by atoms with Gasteiger partial charge in [-0.3, -0.25) is 0 Å². The minimum atomic E-state index is 0.293. The molecule has 1 aromatic rings. The molecule has 0 amide bonds. The summed E-state index contributed by atoms with van der Waals surface area (Å²) >= 11 is 6.35. The molecule has 3 aliphatic rings. The van der Waals surface area contributed by atoms with Crippen LogP contribution in [0.3, 0.4) is 0 Å². The molecule has 1 heterocycles. The maximum absolute atomic E-state index is 6.35. The second-order valence-corrected chi connectivity index (χ2v) is 7.22. The fraction of sp³-hybridized carbons (Fsp3) is 0.647. The Morgan fingerprint density at radius 2 is 1.67 bits per heavy atom. The van der Waals surface area contributed by atoms with Gasteiger partial charge in [0.1, 0.15) is 0 Å². The van der Waals surface area contributed by atoms with Crippen molar-refractivity contribution in [3.63, 3.8) is 0 Å². The fourth-order valence-corrected chi connectivity index (χ4v) is 4.46. The molecule has 1 spiro atoms. The number of benzene rings is 1. The number of fused-ring (bicyclic) bond motifs is 1. The Kier molecular flexibility index (Phi) is 3.41. The molecule has 1 N–H and O–H groups in total. The Bertz CT molecular complexity index is 530. The van der Waals surface area contributed by atoms with E-state index in [2.05, 4.69) is 5.32 Å². The number of nitrogens with one attached hydrogen (secondary N) is 1. The molecule has 21 heavy (non-hydrogen) atoms. The third-order valence-corrected chi connectivity index (χ3v) is 5.85. The first-order valence-corrected chi connectivity index (χ1v) is 8.48. The summed E-state index contributed by atoms with van der Waals surface area (Å²) in [6, 6.07) is 4.37. The van der Waals surface area contributed by atoms with Crippen molar-refractivity contribution in [1.82, 2.24) is 0 Å². The van der Waals surface area contributed by atoms with Crippen molar-refractivity contribution in [3.05, 3.63) is 17.2 Å². The molecule has 4 rings (SSSR count). The highest BCUT2D eigenvalue weighted by molar-refractivity contribution is 6.33. The van der Waals surface area contributed by atoms with Gasteiger partial charge >= 0.3 is 0 Å². The lowest BCUT2D eigenvalue weighted by Crippen LogP contribution is -2.31. The van der Waals surface area contributed by atoms with E-state index in [0.717, 1.165) is 22.2 Å². The fourth-order valence-electron chi connectivity index (χ4n) is 4.25. The van der Waals surface area contributed by atoms with Crippen LogP contribution in [0.25, 0.3) is 0 Å². The van der Waals surface area contributed by atoms with Crippen molar-refractivity contribution in [3.8, 4) is 11.5 Å². The zero-order valence-corrected chi connectivity index (χ0v) is 13.0. The summed E-state index contributed by atoms with van der Waals surface area (Å²) < 4.78 is 10.8. The molecular formula is C17H22ClNO2. The number of halogens is 1. The molecule has 0 atom stereocenters. The molecule has 0 saturated heterocycles. The zero-order valence-electron chi connectivity index (χ0n) is 12.3. The van der Waals surface area contributed by atoms with E-state index in [0.29, 0.717) is 18.2 Å². The van der Waals surface area contributed by atoms with Crippen LogP contribution in [0.1, 0.15) is 51.4 Å². The SMILES string of the molecule is Clc1cc2c(cc1NC1CCC3(CCCC3)CC1)OCO2. The zero-order chi connectivity index (χ0) is 14.3. The van der Waals surface area contributed by atoms with Crippen LogP contribution < -0.4 is 14.8 Å². The van der Waals surface area contributed by atoms with Gasteiger partial charge in [0.15, 0.2) is 11.5 Å². The van der Waals surface area contributed by atoms with Crippen LogP contribution in [-0.4, -0.2) is 12.8 Å². The highest BCUT2D eigenvalue weighted by Crippen LogP contribution is 2.49. The molecule has 2 aliphatic carbocycles. The quantitative estimate of drug-likeness (QED) is 0.835. The summed E-state index contributed by atoms with van der Waals surface area (Å²) in [5, 5.41) is 4.34. The van der Waals surface area contributed by atoms with Crippen molar-refractivity contribution in [1.29, 1.82) is 0 Å². The van der Waals surface area contributed by atoms with Gasteiger partial charge in [-0.2, -0.15) is 0 Å². The van der Waals surface area contributed by atoms with Crippen molar-refractivity contribution >= 4 is 17.3 Å². The van der Waals surface area contributed by atoms with Crippen molar-refractivity contribution in [2.45, 2.75) is 57.4 Å². The van der Waals surface area contributed by atoms with E-state index in [1.165, 1.54) is 51.4 Å². The molecule has 1 aliphatic heterocycles. The molecule has 2 saturated carbocycles. The molecule has 114 valence electrons. The van der Waals surface area contributed by atoms with E-state index in [9.17, 15) is 0 Å². The second kappa shape index (κ2) is 5.28. The van der Waals surface area contributed by atoms with Crippen LogP contribution in [0.4, 0.5) is 5.69 Å². The predicted octanol–water partition coefficient (Wildman–Crippen LogP) is 4.98. The maximum atomic E-state index is 6.35. The lowest BCUT2D eigenvalue weighted by atomic mass is 9.71. The third kappa shape index (κ3) is 2.57. The molecule has 4 heteroatoms. The first kappa shape index (κ1) is 13.6. The van der Waals surface area contributed by atoms with E-state index in [1.807, 2.05) is 12.1 Å². The van der Waals surface area contributed by atoms with Crippen molar-refractivity contribution < 1.29 is 9.47 Å².